The minimum atomic E-state index is -0.329. The molecule has 0 atom stereocenters. The van der Waals surface area contributed by atoms with Crippen molar-refractivity contribution in [1.82, 2.24) is 15.1 Å². The normalized spacial score (nSPS) is 12.6. The maximum atomic E-state index is 12.2. The Morgan fingerprint density at radius 1 is 1.41 bits per heavy atom. The molecule has 2 N–H and O–H groups in total. The number of nitrogens with one attached hydrogen (secondary N) is 2. The minimum Gasteiger partial charge on any atom is -0.332 e. The third-order valence-electron chi connectivity index (χ3n) is 3.58. The fourth-order valence-electron chi connectivity index (χ4n) is 2.37. The number of anilines is 1. The Morgan fingerprint density at radius 2 is 2.23 bits per heavy atom. The predicted molar refractivity (Wildman–Crippen MR) is 77.6 cm³/mol. The molecule has 7 heteroatoms. The van der Waals surface area contributed by atoms with Gasteiger partial charge in [-0.3, -0.25) is 14.7 Å². The number of aromatic nitrogens is 2. The van der Waals surface area contributed by atoms with Crippen molar-refractivity contribution < 1.29 is 9.59 Å². The van der Waals surface area contributed by atoms with Gasteiger partial charge in [0.05, 0.1) is 30.4 Å². The summed E-state index contributed by atoms with van der Waals surface area (Å²) in [4.78, 5) is 25.3. The van der Waals surface area contributed by atoms with Crippen molar-refractivity contribution in [3.8, 4) is 6.07 Å². The number of nitrogens with zero attached hydrogens (tertiary/aromatic N) is 3. The van der Waals surface area contributed by atoms with Crippen LogP contribution in [-0.2, 0) is 17.9 Å². The summed E-state index contributed by atoms with van der Waals surface area (Å²) in [6, 6.07) is 8.44. The highest BCUT2D eigenvalue weighted by atomic mass is 16.2. The first-order valence-electron chi connectivity index (χ1n) is 6.71. The molecule has 22 heavy (non-hydrogen) atoms. The topological polar surface area (TPSA) is 102 Å². The van der Waals surface area contributed by atoms with Crippen molar-refractivity contribution in [2.75, 3.05) is 5.32 Å². The number of aromatic amines is 1. The maximum absolute atomic E-state index is 12.2. The van der Waals surface area contributed by atoms with Crippen molar-refractivity contribution in [1.29, 1.82) is 5.26 Å². The second kappa shape index (κ2) is 5.33. The zero-order valence-corrected chi connectivity index (χ0v) is 11.9. The molecule has 0 saturated carbocycles. The number of benzene rings is 1. The Bertz CT molecular complexity index is 803. The fraction of sp³-hybridized carbons (Fsp3) is 0.200. The van der Waals surface area contributed by atoms with Crippen molar-refractivity contribution in [3.05, 3.63) is 46.6 Å². The Morgan fingerprint density at radius 3 is 2.95 bits per heavy atom. The van der Waals surface area contributed by atoms with Gasteiger partial charge in [-0.1, -0.05) is 6.07 Å². The SMILES string of the molecule is CC(=O)N1Cc2n[nH]c(NC(=O)c3cccc(C#N)c3)c2C1. The summed E-state index contributed by atoms with van der Waals surface area (Å²) in [5, 5.41) is 18.5. The summed E-state index contributed by atoms with van der Waals surface area (Å²) in [6.07, 6.45) is 0. The average molecular weight is 295 g/mol. The molecule has 1 aliphatic rings. The molecule has 0 spiro atoms. The number of hydrogen-bond acceptors (Lipinski definition) is 4. The van der Waals surface area contributed by atoms with Gasteiger partial charge in [-0.2, -0.15) is 10.4 Å². The van der Waals surface area contributed by atoms with Gasteiger partial charge in [-0.05, 0) is 18.2 Å². The zero-order valence-electron chi connectivity index (χ0n) is 11.9. The maximum Gasteiger partial charge on any atom is 0.256 e. The van der Waals surface area contributed by atoms with E-state index in [-0.39, 0.29) is 11.8 Å². The van der Waals surface area contributed by atoms with Gasteiger partial charge in [0.25, 0.3) is 5.91 Å². The number of rotatable bonds is 2. The summed E-state index contributed by atoms with van der Waals surface area (Å²) in [5.41, 5.74) is 2.39. The van der Waals surface area contributed by atoms with Gasteiger partial charge in [0.1, 0.15) is 5.82 Å². The number of carbonyl (C=O) groups excluding carboxylic acids is 2. The number of carbonyl (C=O) groups is 2. The third-order valence-corrected chi connectivity index (χ3v) is 3.58. The number of nitriles is 1. The van der Waals surface area contributed by atoms with Gasteiger partial charge < -0.3 is 10.2 Å². The van der Waals surface area contributed by atoms with Crippen LogP contribution in [0.25, 0.3) is 0 Å². The fourth-order valence-corrected chi connectivity index (χ4v) is 2.37. The van der Waals surface area contributed by atoms with Crippen LogP contribution in [-0.4, -0.2) is 26.9 Å². The molecule has 2 amide bonds. The molecule has 2 heterocycles. The van der Waals surface area contributed by atoms with Crippen molar-refractivity contribution in [2.45, 2.75) is 20.0 Å². The summed E-state index contributed by atoms with van der Waals surface area (Å²) >= 11 is 0. The predicted octanol–water partition coefficient (Wildman–Crippen LogP) is 1.40. The van der Waals surface area contributed by atoms with Gasteiger partial charge in [-0.15, -0.1) is 0 Å². The summed E-state index contributed by atoms with van der Waals surface area (Å²) < 4.78 is 0. The molecule has 110 valence electrons. The quantitative estimate of drug-likeness (QED) is 0.874. The van der Waals surface area contributed by atoms with E-state index in [4.69, 9.17) is 5.26 Å². The van der Waals surface area contributed by atoms with Crippen LogP contribution < -0.4 is 5.32 Å². The lowest BCUT2D eigenvalue weighted by Crippen LogP contribution is -2.23. The zero-order chi connectivity index (χ0) is 15.7. The first-order chi connectivity index (χ1) is 10.6. The smallest absolute Gasteiger partial charge is 0.256 e. The van der Waals surface area contributed by atoms with Gasteiger partial charge in [0.15, 0.2) is 0 Å². The van der Waals surface area contributed by atoms with Crippen molar-refractivity contribution in [2.24, 2.45) is 0 Å². The molecule has 0 aliphatic carbocycles. The Balaban J connectivity index is 1.79. The number of fused-ring (bicyclic) bond motifs is 1. The van der Waals surface area contributed by atoms with Crippen LogP contribution in [0.15, 0.2) is 24.3 Å². The molecule has 1 aromatic carbocycles. The van der Waals surface area contributed by atoms with Crippen LogP contribution in [0.2, 0.25) is 0 Å². The van der Waals surface area contributed by atoms with E-state index in [1.807, 2.05) is 6.07 Å². The van der Waals surface area contributed by atoms with E-state index in [9.17, 15) is 9.59 Å². The summed E-state index contributed by atoms with van der Waals surface area (Å²) in [6.45, 7) is 2.37. The van der Waals surface area contributed by atoms with E-state index in [2.05, 4.69) is 15.5 Å². The number of amides is 2. The number of H-pyrrole nitrogens is 1. The van der Waals surface area contributed by atoms with Crippen molar-refractivity contribution >= 4 is 17.6 Å². The Labute approximate surface area is 126 Å². The molecule has 7 nitrogen and oxygen atoms in total. The van der Waals surface area contributed by atoms with E-state index in [1.54, 1.807) is 23.1 Å². The third kappa shape index (κ3) is 2.42. The molecule has 0 saturated heterocycles. The first-order valence-corrected chi connectivity index (χ1v) is 6.71. The monoisotopic (exact) mass is 295 g/mol. The van der Waals surface area contributed by atoms with Crippen LogP contribution in [0.5, 0.6) is 0 Å². The first kappa shape index (κ1) is 13.8. The molecule has 2 aromatic rings. The van der Waals surface area contributed by atoms with Crippen molar-refractivity contribution in [3.63, 3.8) is 0 Å². The Kier molecular flexibility index (Phi) is 3.35. The average Bonchev–Trinajstić information content (AvgIpc) is 3.09. The standard InChI is InChI=1S/C15H13N5O2/c1-9(21)20-7-12-13(8-20)18-19-14(12)17-15(22)11-4-2-3-10(5-11)6-16/h2-5H,7-8H2,1H3,(H2,17,18,19,22). The molecular formula is C15H13N5O2. The molecule has 0 unspecified atom stereocenters. The van der Waals surface area contributed by atoms with Crippen LogP contribution >= 0.6 is 0 Å². The highest BCUT2D eigenvalue weighted by molar-refractivity contribution is 6.04. The van der Waals surface area contributed by atoms with E-state index in [1.165, 1.54) is 13.0 Å². The molecule has 0 radical (unpaired) electrons. The summed E-state index contributed by atoms with van der Waals surface area (Å²) in [7, 11) is 0. The van der Waals surface area contributed by atoms with E-state index in [0.29, 0.717) is 30.0 Å². The van der Waals surface area contributed by atoms with E-state index >= 15 is 0 Å². The van der Waals surface area contributed by atoms with E-state index in [0.717, 1.165) is 11.3 Å². The van der Waals surface area contributed by atoms with Crippen LogP contribution in [0, 0.1) is 11.3 Å². The molecule has 1 aromatic heterocycles. The molecular weight excluding hydrogens is 282 g/mol. The highest BCUT2D eigenvalue weighted by Crippen LogP contribution is 2.27. The van der Waals surface area contributed by atoms with Gasteiger partial charge in [0, 0.05) is 18.1 Å². The lowest BCUT2D eigenvalue weighted by Gasteiger charge is -2.12. The van der Waals surface area contributed by atoms with E-state index < -0.39 is 0 Å². The highest BCUT2D eigenvalue weighted by Gasteiger charge is 2.27. The van der Waals surface area contributed by atoms with Crippen LogP contribution in [0.3, 0.4) is 0 Å². The second-order valence-corrected chi connectivity index (χ2v) is 5.05. The van der Waals surface area contributed by atoms with Crippen LogP contribution in [0.4, 0.5) is 5.82 Å². The minimum absolute atomic E-state index is 0.0306. The van der Waals surface area contributed by atoms with Gasteiger partial charge in [-0.25, -0.2) is 0 Å². The van der Waals surface area contributed by atoms with Gasteiger partial charge in [0.2, 0.25) is 5.91 Å². The molecule has 3 rings (SSSR count). The molecule has 1 aliphatic heterocycles. The molecule has 0 bridgehead atoms. The second-order valence-electron chi connectivity index (χ2n) is 5.05. The van der Waals surface area contributed by atoms with Gasteiger partial charge >= 0.3 is 0 Å². The summed E-state index contributed by atoms with van der Waals surface area (Å²) in [5.74, 6) is 0.132. The van der Waals surface area contributed by atoms with Crippen LogP contribution in [0.1, 0.15) is 34.1 Å². The largest absolute Gasteiger partial charge is 0.332 e. The Hall–Kier alpha value is -3.14. The lowest BCUT2D eigenvalue weighted by molar-refractivity contribution is -0.129. The molecule has 0 fully saturated rings. The lowest BCUT2D eigenvalue weighted by atomic mass is 10.1. The number of hydrogen-bond donors (Lipinski definition) is 2.